The standard InChI is InChI=1S/C14H20N6O2S/c1-9(21)7-19-3-5-20(6-4-19)14(22)11-10(2)17-13(23-11)12-15-8-16-18-12/h8-9,21H,3-7H2,1-2H3,(H,15,16,18). The number of aliphatic hydroxyl groups excluding tert-OH is 1. The highest BCUT2D eigenvalue weighted by Crippen LogP contribution is 2.26. The van der Waals surface area contributed by atoms with E-state index in [2.05, 4.69) is 25.1 Å². The van der Waals surface area contributed by atoms with Gasteiger partial charge in [0.15, 0.2) is 10.8 Å². The van der Waals surface area contributed by atoms with Crippen molar-refractivity contribution in [1.29, 1.82) is 0 Å². The summed E-state index contributed by atoms with van der Waals surface area (Å²) in [5.74, 6) is 0.598. The van der Waals surface area contributed by atoms with E-state index in [1.165, 1.54) is 17.7 Å². The maximum Gasteiger partial charge on any atom is 0.265 e. The van der Waals surface area contributed by atoms with Crippen molar-refractivity contribution in [1.82, 2.24) is 30.0 Å². The normalized spacial score (nSPS) is 17.4. The van der Waals surface area contributed by atoms with Gasteiger partial charge in [0.1, 0.15) is 11.2 Å². The third-order valence-corrected chi connectivity index (χ3v) is 4.94. The van der Waals surface area contributed by atoms with Crippen molar-refractivity contribution in [3.63, 3.8) is 0 Å². The van der Waals surface area contributed by atoms with E-state index in [0.29, 0.717) is 35.3 Å². The van der Waals surface area contributed by atoms with E-state index in [1.54, 1.807) is 6.92 Å². The molecule has 1 aliphatic rings. The van der Waals surface area contributed by atoms with E-state index in [0.717, 1.165) is 18.8 Å². The molecule has 8 nitrogen and oxygen atoms in total. The fraction of sp³-hybridized carbons (Fsp3) is 0.571. The van der Waals surface area contributed by atoms with Crippen LogP contribution in [-0.2, 0) is 0 Å². The molecule has 1 amide bonds. The van der Waals surface area contributed by atoms with Crippen molar-refractivity contribution < 1.29 is 9.90 Å². The zero-order valence-corrected chi connectivity index (χ0v) is 14.0. The Morgan fingerprint density at radius 2 is 2.17 bits per heavy atom. The van der Waals surface area contributed by atoms with Gasteiger partial charge in [0.25, 0.3) is 5.91 Å². The average Bonchev–Trinajstić information content (AvgIpc) is 3.16. The van der Waals surface area contributed by atoms with Gasteiger partial charge in [-0.15, -0.1) is 11.3 Å². The number of amides is 1. The molecule has 9 heteroatoms. The van der Waals surface area contributed by atoms with Crippen molar-refractivity contribution in [2.75, 3.05) is 32.7 Å². The van der Waals surface area contributed by atoms with E-state index in [-0.39, 0.29) is 12.0 Å². The molecule has 2 N–H and O–H groups in total. The van der Waals surface area contributed by atoms with Crippen LogP contribution >= 0.6 is 11.3 Å². The molecule has 3 heterocycles. The Hall–Kier alpha value is -1.84. The Labute approximate surface area is 138 Å². The minimum absolute atomic E-state index is 0.0162. The number of piperazine rings is 1. The Morgan fingerprint density at radius 1 is 1.43 bits per heavy atom. The number of H-pyrrole nitrogens is 1. The summed E-state index contributed by atoms with van der Waals surface area (Å²) in [6.07, 6.45) is 1.08. The van der Waals surface area contributed by atoms with Gasteiger partial charge in [-0.3, -0.25) is 14.8 Å². The molecule has 0 spiro atoms. The van der Waals surface area contributed by atoms with Crippen LogP contribution < -0.4 is 0 Å². The van der Waals surface area contributed by atoms with E-state index in [1.807, 2.05) is 11.8 Å². The third-order valence-electron chi connectivity index (χ3n) is 3.79. The van der Waals surface area contributed by atoms with Gasteiger partial charge in [0, 0.05) is 32.7 Å². The number of aryl methyl sites for hydroxylation is 1. The number of nitrogens with zero attached hydrogens (tertiary/aromatic N) is 5. The molecule has 0 aliphatic carbocycles. The molecule has 0 bridgehead atoms. The Bertz CT molecular complexity index is 661. The van der Waals surface area contributed by atoms with Crippen LogP contribution in [-0.4, -0.2) is 79.8 Å². The quantitative estimate of drug-likeness (QED) is 0.837. The van der Waals surface area contributed by atoms with Crippen molar-refractivity contribution in [2.45, 2.75) is 20.0 Å². The summed E-state index contributed by atoms with van der Waals surface area (Å²) in [7, 11) is 0. The topological polar surface area (TPSA) is 98.2 Å². The first-order chi connectivity index (χ1) is 11.0. The van der Waals surface area contributed by atoms with Crippen LogP contribution in [0.4, 0.5) is 0 Å². The van der Waals surface area contributed by atoms with Crippen LogP contribution in [0.5, 0.6) is 0 Å². The molecule has 124 valence electrons. The summed E-state index contributed by atoms with van der Waals surface area (Å²) in [5.41, 5.74) is 0.720. The van der Waals surface area contributed by atoms with Crippen molar-refractivity contribution in [3.8, 4) is 10.8 Å². The van der Waals surface area contributed by atoms with E-state index < -0.39 is 0 Å². The van der Waals surface area contributed by atoms with Gasteiger partial charge in [0.05, 0.1) is 11.8 Å². The second kappa shape index (κ2) is 6.73. The predicted molar refractivity (Wildman–Crippen MR) is 86.3 cm³/mol. The SMILES string of the molecule is Cc1nc(-c2ncn[nH]2)sc1C(=O)N1CCN(CC(C)O)CC1. The zero-order chi connectivity index (χ0) is 16.4. The van der Waals surface area contributed by atoms with Gasteiger partial charge >= 0.3 is 0 Å². The second-order valence-corrected chi connectivity index (χ2v) is 6.71. The summed E-state index contributed by atoms with van der Waals surface area (Å²) < 4.78 is 0. The van der Waals surface area contributed by atoms with Crippen LogP contribution in [0, 0.1) is 6.92 Å². The number of rotatable bonds is 4. The minimum Gasteiger partial charge on any atom is -0.392 e. The highest BCUT2D eigenvalue weighted by Gasteiger charge is 2.26. The van der Waals surface area contributed by atoms with Crippen LogP contribution in [0.2, 0.25) is 0 Å². The summed E-state index contributed by atoms with van der Waals surface area (Å²) in [6.45, 7) is 7.17. The maximum absolute atomic E-state index is 12.7. The lowest BCUT2D eigenvalue weighted by Gasteiger charge is -2.35. The van der Waals surface area contributed by atoms with Crippen LogP contribution in [0.15, 0.2) is 6.33 Å². The van der Waals surface area contributed by atoms with Crippen molar-refractivity contribution >= 4 is 17.2 Å². The van der Waals surface area contributed by atoms with E-state index in [9.17, 15) is 9.90 Å². The zero-order valence-electron chi connectivity index (χ0n) is 13.2. The molecule has 0 radical (unpaired) electrons. The first kappa shape index (κ1) is 16.0. The van der Waals surface area contributed by atoms with Crippen LogP contribution in [0.3, 0.4) is 0 Å². The van der Waals surface area contributed by atoms with Crippen molar-refractivity contribution in [2.24, 2.45) is 0 Å². The third kappa shape index (κ3) is 3.57. The van der Waals surface area contributed by atoms with Crippen LogP contribution in [0.25, 0.3) is 10.8 Å². The number of carbonyl (C=O) groups is 1. The summed E-state index contributed by atoms with van der Waals surface area (Å²) >= 11 is 1.34. The fourth-order valence-electron chi connectivity index (χ4n) is 2.66. The fourth-order valence-corrected chi connectivity index (χ4v) is 3.64. The number of thiazole rings is 1. The lowest BCUT2D eigenvalue weighted by molar-refractivity contribution is 0.0557. The number of aromatic nitrogens is 4. The molecule has 1 aliphatic heterocycles. The lowest BCUT2D eigenvalue weighted by atomic mass is 10.2. The number of nitrogens with one attached hydrogen (secondary N) is 1. The average molecular weight is 336 g/mol. The number of aliphatic hydroxyl groups is 1. The van der Waals surface area contributed by atoms with Gasteiger partial charge < -0.3 is 10.0 Å². The number of carbonyl (C=O) groups excluding carboxylic acids is 1. The van der Waals surface area contributed by atoms with Crippen molar-refractivity contribution in [3.05, 3.63) is 16.9 Å². The highest BCUT2D eigenvalue weighted by atomic mass is 32.1. The molecule has 0 saturated carbocycles. The lowest BCUT2D eigenvalue weighted by Crippen LogP contribution is -2.50. The Balaban J connectivity index is 1.67. The molecule has 1 unspecified atom stereocenters. The van der Waals surface area contributed by atoms with Gasteiger partial charge in [-0.05, 0) is 13.8 Å². The molecule has 1 fully saturated rings. The van der Waals surface area contributed by atoms with E-state index >= 15 is 0 Å². The molecule has 1 saturated heterocycles. The molecular weight excluding hydrogens is 316 g/mol. The second-order valence-electron chi connectivity index (χ2n) is 5.71. The molecule has 1 atom stereocenters. The predicted octanol–water partition coefficient (Wildman–Crippen LogP) is 0.375. The van der Waals surface area contributed by atoms with Gasteiger partial charge in [0.2, 0.25) is 0 Å². The summed E-state index contributed by atoms with van der Waals surface area (Å²) in [4.78, 5) is 25.9. The summed E-state index contributed by atoms with van der Waals surface area (Å²) in [6, 6.07) is 0. The van der Waals surface area contributed by atoms with Gasteiger partial charge in [-0.2, -0.15) is 5.10 Å². The molecular formula is C14H20N6O2S. The first-order valence-electron chi connectivity index (χ1n) is 7.57. The molecule has 23 heavy (non-hydrogen) atoms. The molecule has 2 aromatic rings. The largest absolute Gasteiger partial charge is 0.392 e. The van der Waals surface area contributed by atoms with Gasteiger partial charge in [-0.25, -0.2) is 9.97 Å². The number of β-amino-alcohol motifs (C(OH)–C–C–N with tert-alkyl or cyclic N) is 1. The maximum atomic E-state index is 12.7. The number of hydrogen-bond acceptors (Lipinski definition) is 7. The first-order valence-corrected chi connectivity index (χ1v) is 8.39. The smallest absolute Gasteiger partial charge is 0.265 e. The number of aromatic amines is 1. The number of hydrogen-bond donors (Lipinski definition) is 2. The minimum atomic E-state index is -0.342. The molecule has 3 rings (SSSR count). The van der Waals surface area contributed by atoms with Crippen LogP contribution in [0.1, 0.15) is 22.3 Å². The Kier molecular flexibility index (Phi) is 4.69. The van der Waals surface area contributed by atoms with E-state index in [4.69, 9.17) is 0 Å². The van der Waals surface area contributed by atoms with Gasteiger partial charge in [-0.1, -0.05) is 0 Å². The summed E-state index contributed by atoms with van der Waals surface area (Å²) in [5, 5.41) is 16.7. The molecule has 0 aromatic carbocycles. The monoisotopic (exact) mass is 336 g/mol. The highest BCUT2D eigenvalue weighted by molar-refractivity contribution is 7.17. The molecule has 2 aromatic heterocycles. The Morgan fingerprint density at radius 3 is 2.78 bits per heavy atom.